The summed E-state index contributed by atoms with van der Waals surface area (Å²) in [6, 6.07) is 4.12. The maximum atomic E-state index is 13.6. The molecule has 0 aromatic heterocycles. The molecular weight excluding hydrogens is 263 g/mol. The van der Waals surface area contributed by atoms with Crippen LogP contribution in [0.25, 0.3) is 0 Å². The SMILES string of the molecule is COc1ccc(C(=O)CN2CCCNC(=O)C2)cc1F. The molecule has 5 nitrogen and oxygen atoms in total. The van der Waals surface area contributed by atoms with Gasteiger partial charge >= 0.3 is 0 Å². The lowest BCUT2D eigenvalue weighted by atomic mass is 10.1. The van der Waals surface area contributed by atoms with Gasteiger partial charge in [-0.1, -0.05) is 0 Å². The molecular formula is C14H17FN2O3. The molecule has 0 spiro atoms. The van der Waals surface area contributed by atoms with E-state index in [4.69, 9.17) is 4.74 Å². The van der Waals surface area contributed by atoms with Crippen molar-refractivity contribution in [1.29, 1.82) is 0 Å². The van der Waals surface area contributed by atoms with Gasteiger partial charge in [0.1, 0.15) is 0 Å². The molecule has 1 N–H and O–H groups in total. The van der Waals surface area contributed by atoms with E-state index in [1.54, 1.807) is 4.90 Å². The molecule has 2 rings (SSSR count). The maximum Gasteiger partial charge on any atom is 0.234 e. The first-order valence-corrected chi connectivity index (χ1v) is 6.46. The number of carbonyl (C=O) groups excluding carboxylic acids is 2. The summed E-state index contributed by atoms with van der Waals surface area (Å²) in [6.45, 7) is 1.60. The van der Waals surface area contributed by atoms with Gasteiger partial charge in [0.15, 0.2) is 17.3 Å². The second-order valence-electron chi connectivity index (χ2n) is 4.69. The smallest absolute Gasteiger partial charge is 0.234 e. The highest BCUT2D eigenvalue weighted by molar-refractivity contribution is 5.98. The molecule has 1 saturated heterocycles. The molecule has 1 heterocycles. The van der Waals surface area contributed by atoms with Crippen LogP contribution in [0, 0.1) is 5.82 Å². The van der Waals surface area contributed by atoms with E-state index in [0.29, 0.717) is 13.1 Å². The number of ketones is 1. The van der Waals surface area contributed by atoms with Crippen LogP contribution in [0.5, 0.6) is 5.75 Å². The second-order valence-corrected chi connectivity index (χ2v) is 4.69. The first kappa shape index (κ1) is 14.5. The van der Waals surface area contributed by atoms with Crippen LogP contribution in [0.3, 0.4) is 0 Å². The Kier molecular flexibility index (Phi) is 4.68. The summed E-state index contributed by atoms with van der Waals surface area (Å²) >= 11 is 0. The molecule has 1 aliphatic heterocycles. The van der Waals surface area contributed by atoms with E-state index >= 15 is 0 Å². The van der Waals surface area contributed by atoms with Crippen molar-refractivity contribution in [2.45, 2.75) is 6.42 Å². The van der Waals surface area contributed by atoms with Gasteiger partial charge in [-0.25, -0.2) is 4.39 Å². The molecule has 1 amide bonds. The summed E-state index contributed by atoms with van der Waals surface area (Å²) in [5.74, 6) is -0.750. The molecule has 108 valence electrons. The van der Waals surface area contributed by atoms with Crippen molar-refractivity contribution in [3.05, 3.63) is 29.6 Å². The molecule has 0 bridgehead atoms. The Hall–Kier alpha value is -1.95. The quantitative estimate of drug-likeness (QED) is 0.830. The van der Waals surface area contributed by atoms with Gasteiger partial charge in [-0.2, -0.15) is 0 Å². The minimum atomic E-state index is -0.563. The number of methoxy groups -OCH3 is 1. The van der Waals surface area contributed by atoms with Crippen LogP contribution in [0.1, 0.15) is 16.8 Å². The number of Topliss-reactive ketones (excluding diaryl/α,β-unsaturated/α-hetero) is 1. The summed E-state index contributed by atoms with van der Waals surface area (Å²) in [4.78, 5) is 25.3. The van der Waals surface area contributed by atoms with E-state index in [2.05, 4.69) is 5.32 Å². The summed E-state index contributed by atoms with van der Waals surface area (Å²) in [6.07, 6.45) is 0.802. The molecule has 1 aliphatic rings. The Morgan fingerprint density at radius 2 is 2.30 bits per heavy atom. The van der Waals surface area contributed by atoms with E-state index in [1.165, 1.54) is 25.3 Å². The van der Waals surface area contributed by atoms with E-state index in [-0.39, 0.29) is 36.1 Å². The lowest BCUT2D eigenvalue weighted by molar-refractivity contribution is -0.121. The lowest BCUT2D eigenvalue weighted by Gasteiger charge is -2.17. The highest BCUT2D eigenvalue weighted by atomic mass is 19.1. The summed E-state index contributed by atoms with van der Waals surface area (Å²) < 4.78 is 18.4. The van der Waals surface area contributed by atoms with Crippen LogP contribution < -0.4 is 10.1 Å². The summed E-state index contributed by atoms with van der Waals surface area (Å²) in [5, 5.41) is 2.74. The molecule has 0 unspecified atom stereocenters. The van der Waals surface area contributed by atoms with Crippen LogP contribution >= 0.6 is 0 Å². The number of nitrogens with zero attached hydrogens (tertiary/aromatic N) is 1. The lowest BCUT2D eigenvalue weighted by Crippen LogP contribution is -2.36. The number of ether oxygens (including phenoxy) is 1. The van der Waals surface area contributed by atoms with Gasteiger partial charge in [-0.15, -0.1) is 0 Å². The molecule has 6 heteroatoms. The van der Waals surface area contributed by atoms with Crippen molar-refractivity contribution in [1.82, 2.24) is 10.2 Å². The number of hydrogen-bond donors (Lipinski definition) is 1. The summed E-state index contributed by atoms with van der Waals surface area (Å²) in [5.41, 5.74) is 0.285. The number of benzene rings is 1. The fourth-order valence-electron chi connectivity index (χ4n) is 2.14. The average Bonchev–Trinajstić information content (AvgIpc) is 2.62. The topological polar surface area (TPSA) is 58.6 Å². The third-order valence-electron chi connectivity index (χ3n) is 3.18. The standard InChI is InChI=1S/C14H17FN2O3/c1-20-13-4-3-10(7-11(13)15)12(18)8-17-6-2-5-16-14(19)9-17/h3-4,7H,2,5-6,8-9H2,1H3,(H,16,19). The molecule has 1 aromatic rings. The van der Waals surface area contributed by atoms with Crippen LogP contribution in [0.15, 0.2) is 18.2 Å². The normalized spacial score (nSPS) is 16.4. The zero-order valence-corrected chi connectivity index (χ0v) is 11.3. The van der Waals surface area contributed by atoms with Crippen molar-refractivity contribution in [2.75, 3.05) is 33.3 Å². The number of rotatable bonds is 4. The van der Waals surface area contributed by atoms with Crippen LogP contribution in [0.4, 0.5) is 4.39 Å². The maximum absolute atomic E-state index is 13.6. The van der Waals surface area contributed by atoms with Gasteiger partial charge in [0.2, 0.25) is 5.91 Å². The molecule has 1 fully saturated rings. The van der Waals surface area contributed by atoms with E-state index in [1.807, 2.05) is 0 Å². The Balaban J connectivity index is 2.03. The Labute approximate surface area is 116 Å². The average molecular weight is 280 g/mol. The third kappa shape index (κ3) is 3.54. The largest absolute Gasteiger partial charge is 0.494 e. The second kappa shape index (κ2) is 6.47. The van der Waals surface area contributed by atoms with Gasteiger partial charge in [-0.05, 0) is 24.6 Å². The van der Waals surface area contributed by atoms with Gasteiger partial charge in [-0.3, -0.25) is 14.5 Å². The van der Waals surface area contributed by atoms with Gasteiger partial charge in [0.25, 0.3) is 0 Å². The van der Waals surface area contributed by atoms with E-state index in [9.17, 15) is 14.0 Å². The van der Waals surface area contributed by atoms with Crippen LogP contribution in [0.2, 0.25) is 0 Å². The fraction of sp³-hybridized carbons (Fsp3) is 0.429. The van der Waals surface area contributed by atoms with E-state index < -0.39 is 5.82 Å². The predicted molar refractivity (Wildman–Crippen MR) is 71.3 cm³/mol. The Bertz CT molecular complexity index is 519. The number of halogens is 1. The highest BCUT2D eigenvalue weighted by Gasteiger charge is 2.18. The van der Waals surface area contributed by atoms with Gasteiger partial charge in [0.05, 0.1) is 20.2 Å². The third-order valence-corrected chi connectivity index (χ3v) is 3.18. The zero-order chi connectivity index (χ0) is 14.5. The van der Waals surface area contributed by atoms with Crippen molar-refractivity contribution in [3.63, 3.8) is 0 Å². The zero-order valence-electron chi connectivity index (χ0n) is 11.3. The number of nitrogens with one attached hydrogen (secondary N) is 1. The Morgan fingerprint density at radius 1 is 1.50 bits per heavy atom. The van der Waals surface area contributed by atoms with Crippen molar-refractivity contribution < 1.29 is 18.7 Å². The fourth-order valence-corrected chi connectivity index (χ4v) is 2.14. The number of amides is 1. The molecule has 0 radical (unpaired) electrons. The summed E-state index contributed by atoms with van der Waals surface area (Å²) in [7, 11) is 1.37. The number of hydrogen-bond acceptors (Lipinski definition) is 4. The first-order chi connectivity index (χ1) is 9.60. The minimum Gasteiger partial charge on any atom is -0.494 e. The predicted octanol–water partition coefficient (Wildman–Crippen LogP) is 0.839. The highest BCUT2D eigenvalue weighted by Crippen LogP contribution is 2.18. The van der Waals surface area contributed by atoms with E-state index in [0.717, 1.165) is 6.42 Å². The number of carbonyl (C=O) groups is 2. The molecule has 0 aliphatic carbocycles. The molecule has 1 aromatic carbocycles. The van der Waals surface area contributed by atoms with Crippen molar-refractivity contribution >= 4 is 11.7 Å². The van der Waals surface area contributed by atoms with Crippen LogP contribution in [-0.2, 0) is 4.79 Å². The van der Waals surface area contributed by atoms with Gasteiger partial charge < -0.3 is 10.1 Å². The molecule has 0 atom stereocenters. The monoisotopic (exact) mass is 280 g/mol. The van der Waals surface area contributed by atoms with Crippen LogP contribution in [-0.4, -0.2) is 49.9 Å². The van der Waals surface area contributed by atoms with Crippen molar-refractivity contribution in [2.24, 2.45) is 0 Å². The van der Waals surface area contributed by atoms with Gasteiger partial charge in [0, 0.05) is 18.7 Å². The Morgan fingerprint density at radius 3 is 3.00 bits per heavy atom. The molecule has 0 saturated carbocycles. The molecule has 20 heavy (non-hydrogen) atoms. The minimum absolute atomic E-state index is 0.0868. The first-order valence-electron chi connectivity index (χ1n) is 6.46. The van der Waals surface area contributed by atoms with Crippen molar-refractivity contribution in [3.8, 4) is 5.75 Å².